The highest BCUT2D eigenvalue weighted by atomic mass is 79.9. The Labute approximate surface area is 121 Å². The number of ether oxygens (including phenoxy) is 1. The van der Waals surface area contributed by atoms with Gasteiger partial charge in [0.25, 0.3) is 0 Å². The molecule has 0 heterocycles. The predicted octanol–water partition coefficient (Wildman–Crippen LogP) is 4.51. The summed E-state index contributed by atoms with van der Waals surface area (Å²) in [7, 11) is 0. The SMILES string of the molecule is Nc1cc(Br)cc(OCc2cc(Br)ccc2F)c1. The highest BCUT2D eigenvalue weighted by Crippen LogP contribution is 2.24. The fourth-order valence-corrected chi connectivity index (χ4v) is 2.38. The molecule has 0 saturated carbocycles. The van der Waals surface area contributed by atoms with E-state index in [0.717, 1.165) is 8.95 Å². The minimum absolute atomic E-state index is 0.154. The Hall–Kier alpha value is -1.07. The first kappa shape index (κ1) is 13.4. The molecule has 2 aromatic carbocycles. The zero-order valence-electron chi connectivity index (χ0n) is 9.29. The lowest BCUT2D eigenvalue weighted by atomic mass is 10.2. The second kappa shape index (κ2) is 5.71. The van der Waals surface area contributed by atoms with Gasteiger partial charge in [0.05, 0.1) is 0 Å². The fraction of sp³-hybridized carbons (Fsp3) is 0.0769. The van der Waals surface area contributed by atoms with Gasteiger partial charge in [0.15, 0.2) is 0 Å². The Morgan fingerprint density at radius 2 is 1.83 bits per heavy atom. The minimum Gasteiger partial charge on any atom is -0.489 e. The zero-order valence-corrected chi connectivity index (χ0v) is 12.5. The molecular formula is C13H10Br2FNO. The second-order valence-electron chi connectivity index (χ2n) is 3.74. The molecule has 0 bridgehead atoms. The van der Waals surface area contributed by atoms with E-state index in [0.29, 0.717) is 17.0 Å². The van der Waals surface area contributed by atoms with Crippen LogP contribution in [0.2, 0.25) is 0 Å². The Morgan fingerprint density at radius 3 is 2.56 bits per heavy atom. The summed E-state index contributed by atoms with van der Waals surface area (Å²) in [5.41, 5.74) is 6.77. The van der Waals surface area contributed by atoms with Gasteiger partial charge in [-0.25, -0.2) is 4.39 Å². The molecular weight excluding hydrogens is 365 g/mol. The molecule has 0 atom stereocenters. The summed E-state index contributed by atoms with van der Waals surface area (Å²) in [5.74, 6) is 0.308. The minimum atomic E-state index is -0.291. The van der Waals surface area contributed by atoms with Crippen molar-refractivity contribution in [1.82, 2.24) is 0 Å². The molecule has 2 aromatic rings. The largest absolute Gasteiger partial charge is 0.489 e. The van der Waals surface area contributed by atoms with Gasteiger partial charge in [-0.1, -0.05) is 31.9 Å². The maximum absolute atomic E-state index is 13.5. The van der Waals surface area contributed by atoms with Crippen LogP contribution in [0.1, 0.15) is 5.56 Å². The maximum atomic E-state index is 13.5. The van der Waals surface area contributed by atoms with Crippen LogP contribution < -0.4 is 10.5 Å². The van der Waals surface area contributed by atoms with E-state index in [1.807, 2.05) is 0 Å². The lowest BCUT2D eigenvalue weighted by molar-refractivity contribution is 0.300. The van der Waals surface area contributed by atoms with Gasteiger partial charge in [0.2, 0.25) is 0 Å². The van der Waals surface area contributed by atoms with Gasteiger partial charge in [-0.3, -0.25) is 0 Å². The molecule has 94 valence electrons. The molecule has 0 radical (unpaired) electrons. The first-order valence-corrected chi connectivity index (χ1v) is 6.76. The molecule has 0 fully saturated rings. The van der Waals surface area contributed by atoms with E-state index in [4.69, 9.17) is 10.5 Å². The maximum Gasteiger partial charge on any atom is 0.129 e. The van der Waals surface area contributed by atoms with E-state index < -0.39 is 0 Å². The van der Waals surface area contributed by atoms with Crippen LogP contribution in [0.3, 0.4) is 0 Å². The van der Waals surface area contributed by atoms with Crippen molar-refractivity contribution < 1.29 is 9.13 Å². The highest BCUT2D eigenvalue weighted by Gasteiger charge is 2.05. The van der Waals surface area contributed by atoms with Crippen molar-refractivity contribution in [1.29, 1.82) is 0 Å². The molecule has 0 aliphatic heterocycles. The Morgan fingerprint density at radius 1 is 1.06 bits per heavy atom. The first-order chi connectivity index (χ1) is 8.54. The third-order valence-corrected chi connectivity index (χ3v) is 3.25. The van der Waals surface area contributed by atoms with Gasteiger partial charge < -0.3 is 10.5 Å². The van der Waals surface area contributed by atoms with Crippen LogP contribution in [-0.2, 0) is 6.61 Å². The number of anilines is 1. The van der Waals surface area contributed by atoms with Crippen LogP contribution >= 0.6 is 31.9 Å². The Kier molecular flexibility index (Phi) is 4.24. The summed E-state index contributed by atoms with van der Waals surface area (Å²) in [6.45, 7) is 0.154. The van der Waals surface area contributed by atoms with Gasteiger partial charge in [0, 0.05) is 26.3 Å². The first-order valence-electron chi connectivity index (χ1n) is 5.17. The smallest absolute Gasteiger partial charge is 0.129 e. The number of benzene rings is 2. The number of nitrogens with two attached hydrogens (primary N) is 1. The van der Waals surface area contributed by atoms with Crippen LogP contribution in [0.5, 0.6) is 5.75 Å². The van der Waals surface area contributed by atoms with Crippen LogP contribution in [0.15, 0.2) is 45.3 Å². The molecule has 2 N–H and O–H groups in total. The molecule has 0 spiro atoms. The standard InChI is InChI=1S/C13H10Br2FNO/c14-9-1-2-13(16)8(3-9)7-18-12-5-10(15)4-11(17)6-12/h1-6H,7,17H2. The summed E-state index contributed by atoms with van der Waals surface area (Å²) in [6.07, 6.45) is 0. The molecule has 0 aromatic heterocycles. The molecule has 5 heteroatoms. The van der Waals surface area contributed by atoms with Gasteiger partial charge in [-0.2, -0.15) is 0 Å². The van der Waals surface area contributed by atoms with E-state index >= 15 is 0 Å². The van der Waals surface area contributed by atoms with E-state index in [2.05, 4.69) is 31.9 Å². The Bertz CT molecular complexity index is 555. The van der Waals surface area contributed by atoms with Gasteiger partial charge in [0.1, 0.15) is 18.2 Å². The molecule has 0 saturated heterocycles. The van der Waals surface area contributed by atoms with Crippen LogP contribution in [0, 0.1) is 5.82 Å². The monoisotopic (exact) mass is 373 g/mol. The average Bonchev–Trinajstić information content (AvgIpc) is 2.29. The fourth-order valence-electron chi connectivity index (χ4n) is 1.48. The topological polar surface area (TPSA) is 35.2 Å². The van der Waals surface area contributed by atoms with Crippen LogP contribution in [0.25, 0.3) is 0 Å². The number of hydrogen-bond donors (Lipinski definition) is 1. The summed E-state index contributed by atoms with van der Waals surface area (Å²) in [4.78, 5) is 0. The third-order valence-electron chi connectivity index (χ3n) is 2.30. The summed E-state index contributed by atoms with van der Waals surface area (Å²) >= 11 is 6.62. The number of rotatable bonds is 3. The lowest BCUT2D eigenvalue weighted by Crippen LogP contribution is -1.99. The van der Waals surface area contributed by atoms with Crippen molar-refractivity contribution in [3.8, 4) is 5.75 Å². The Balaban J connectivity index is 2.13. The van der Waals surface area contributed by atoms with Gasteiger partial charge in [-0.05, 0) is 30.3 Å². The number of hydrogen-bond acceptors (Lipinski definition) is 2. The quantitative estimate of drug-likeness (QED) is 0.802. The van der Waals surface area contributed by atoms with Crippen molar-refractivity contribution in [3.05, 3.63) is 56.7 Å². The third kappa shape index (κ3) is 3.46. The van der Waals surface area contributed by atoms with Crippen molar-refractivity contribution in [2.24, 2.45) is 0 Å². The zero-order chi connectivity index (χ0) is 13.1. The van der Waals surface area contributed by atoms with E-state index in [-0.39, 0.29) is 12.4 Å². The number of nitrogen functional groups attached to an aromatic ring is 1. The number of halogens is 3. The summed E-state index contributed by atoms with van der Waals surface area (Å²) in [6, 6.07) is 9.99. The van der Waals surface area contributed by atoms with E-state index in [9.17, 15) is 4.39 Å². The summed E-state index contributed by atoms with van der Waals surface area (Å²) < 4.78 is 20.7. The van der Waals surface area contributed by atoms with E-state index in [1.165, 1.54) is 6.07 Å². The second-order valence-corrected chi connectivity index (χ2v) is 5.58. The molecule has 2 rings (SSSR count). The van der Waals surface area contributed by atoms with E-state index in [1.54, 1.807) is 30.3 Å². The molecule has 0 aliphatic carbocycles. The molecule has 0 amide bonds. The molecule has 0 aliphatic rings. The van der Waals surface area contributed by atoms with Crippen LogP contribution in [-0.4, -0.2) is 0 Å². The normalized spacial score (nSPS) is 10.4. The lowest BCUT2D eigenvalue weighted by Gasteiger charge is -2.09. The molecule has 0 unspecified atom stereocenters. The van der Waals surface area contributed by atoms with Crippen molar-refractivity contribution in [2.45, 2.75) is 6.61 Å². The van der Waals surface area contributed by atoms with Crippen molar-refractivity contribution in [2.75, 3.05) is 5.73 Å². The van der Waals surface area contributed by atoms with Crippen LogP contribution in [0.4, 0.5) is 10.1 Å². The average molecular weight is 375 g/mol. The van der Waals surface area contributed by atoms with Gasteiger partial charge in [-0.15, -0.1) is 0 Å². The highest BCUT2D eigenvalue weighted by molar-refractivity contribution is 9.10. The summed E-state index contributed by atoms with van der Waals surface area (Å²) in [5, 5.41) is 0. The van der Waals surface area contributed by atoms with Gasteiger partial charge >= 0.3 is 0 Å². The molecule has 2 nitrogen and oxygen atoms in total. The molecule has 18 heavy (non-hydrogen) atoms. The predicted molar refractivity (Wildman–Crippen MR) is 77.0 cm³/mol. The van der Waals surface area contributed by atoms with Crippen molar-refractivity contribution >= 4 is 37.5 Å². The van der Waals surface area contributed by atoms with Crippen molar-refractivity contribution in [3.63, 3.8) is 0 Å².